The average molecular weight is 290 g/mol. The summed E-state index contributed by atoms with van der Waals surface area (Å²) in [6.07, 6.45) is 0. The van der Waals surface area contributed by atoms with Crippen LogP contribution < -0.4 is 9.47 Å². The summed E-state index contributed by atoms with van der Waals surface area (Å²) in [5, 5.41) is 8.91. The maximum atomic E-state index is 10.9. The predicted molar refractivity (Wildman–Crippen MR) is 71.5 cm³/mol. The molecule has 110 valence electrons. The molecule has 0 saturated heterocycles. The summed E-state index contributed by atoms with van der Waals surface area (Å²) in [4.78, 5) is 10.9. The van der Waals surface area contributed by atoms with Gasteiger partial charge < -0.3 is 23.7 Å². The number of carbonyl (C=O) groups is 1. The third-order valence-electron chi connectivity index (χ3n) is 3.11. The van der Waals surface area contributed by atoms with Crippen molar-refractivity contribution in [2.75, 3.05) is 6.79 Å². The Balaban J connectivity index is 1.59. The zero-order chi connectivity index (χ0) is 14.8. The van der Waals surface area contributed by atoms with Crippen LogP contribution in [0.4, 0.5) is 0 Å². The van der Waals surface area contributed by atoms with Gasteiger partial charge in [-0.1, -0.05) is 6.07 Å². The smallest absolute Gasteiger partial charge is 0.372 e. The fourth-order valence-electron chi connectivity index (χ4n) is 2.13. The van der Waals surface area contributed by atoms with Crippen LogP contribution in [-0.2, 0) is 18.0 Å². The van der Waals surface area contributed by atoms with E-state index in [0.29, 0.717) is 23.7 Å². The minimum absolute atomic E-state index is 0.0447. The summed E-state index contributed by atoms with van der Waals surface area (Å²) >= 11 is 0. The average Bonchev–Trinajstić information content (AvgIpc) is 3.04. The van der Waals surface area contributed by atoms with Crippen LogP contribution in [0.25, 0.3) is 0 Å². The molecule has 0 radical (unpaired) electrons. The van der Waals surface area contributed by atoms with E-state index in [1.54, 1.807) is 13.0 Å². The molecule has 0 saturated carbocycles. The lowest BCUT2D eigenvalue weighted by molar-refractivity contribution is 0.0639. The van der Waals surface area contributed by atoms with Gasteiger partial charge in [0.2, 0.25) is 12.6 Å². The fraction of sp³-hybridized carbons (Fsp3) is 0.267. The summed E-state index contributed by atoms with van der Waals surface area (Å²) in [6, 6.07) is 7.26. The number of aromatic carboxylic acids is 1. The molecule has 1 aliphatic heterocycles. The monoisotopic (exact) mass is 290 g/mol. The van der Waals surface area contributed by atoms with Gasteiger partial charge in [0.15, 0.2) is 11.5 Å². The molecule has 0 bridgehead atoms. The molecule has 3 rings (SSSR count). The molecule has 0 fully saturated rings. The summed E-state index contributed by atoms with van der Waals surface area (Å²) < 4.78 is 21.3. The first kappa shape index (κ1) is 13.5. The van der Waals surface area contributed by atoms with Crippen molar-refractivity contribution < 1.29 is 28.5 Å². The van der Waals surface area contributed by atoms with Gasteiger partial charge in [0.1, 0.15) is 12.4 Å². The number of benzene rings is 1. The van der Waals surface area contributed by atoms with E-state index in [9.17, 15) is 4.79 Å². The number of rotatable bonds is 5. The molecule has 0 spiro atoms. The highest BCUT2D eigenvalue weighted by molar-refractivity contribution is 5.86. The van der Waals surface area contributed by atoms with Crippen LogP contribution >= 0.6 is 0 Å². The molecule has 1 aromatic carbocycles. The van der Waals surface area contributed by atoms with Crippen molar-refractivity contribution in [1.29, 1.82) is 0 Å². The molecule has 0 aliphatic carbocycles. The van der Waals surface area contributed by atoms with Crippen LogP contribution in [0.15, 0.2) is 28.7 Å². The van der Waals surface area contributed by atoms with E-state index in [0.717, 1.165) is 11.3 Å². The summed E-state index contributed by atoms with van der Waals surface area (Å²) in [7, 11) is 0. The van der Waals surface area contributed by atoms with Gasteiger partial charge in [0, 0.05) is 5.56 Å². The molecule has 0 amide bonds. The second kappa shape index (κ2) is 5.49. The molecule has 6 nitrogen and oxygen atoms in total. The highest BCUT2D eigenvalue weighted by atomic mass is 16.7. The number of carboxylic acid groups (broad SMARTS) is 1. The third-order valence-corrected chi connectivity index (χ3v) is 3.11. The number of hydrogen-bond acceptors (Lipinski definition) is 5. The first-order chi connectivity index (χ1) is 10.1. The van der Waals surface area contributed by atoms with Gasteiger partial charge in [-0.2, -0.15) is 0 Å². The van der Waals surface area contributed by atoms with Gasteiger partial charge in [0.05, 0.1) is 6.61 Å². The van der Waals surface area contributed by atoms with E-state index >= 15 is 0 Å². The normalized spacial score (nSPS) is 12.6. The van der Waals surface area contributed by atoms with Crippen LogP contribution in [0.1, 0.15) is 27.4 Å². The van der Waals surface area contributed by atoms with Crippen molar-refractivity contribution in [2.45, 2.75) is 20.1 Å². The predicted octanol–water partition coefficient (Wildman–Crippen LogP) is 2.73. The Hall–Kier alpha value is -2.47. The molecule has 2 aromatic rings. The Morgan fingerprint density at radius 2 is 2.05 bits per heavy atom. The Morgan fingerprint density at radius 1 is 1.24 bits per heavy atom. The van der Waals surface area contributed by atoms with E-state index in [2.05, 4.69) is 0 Å². The molecule has 0 atom stereocenters. The van der Waals surface area contributed by atoms with Gasteiger partial charge in [-0.25, -0.2) is 4.79 Å². The van der Waals surface area contributed by atoms with Crippen molar-refractivity contribution in [1.82, 2.24) is 0 Å². The molecule has 1 aliphatic rings. The number of ether oxygens (including phenoxy) is 3. The molecule has 21 heavy (non-hydrogen) atoms. The highest BCUT2D eigenvalue weighted by Gasteiger charge is 2.15. The number of furan rings is 1. The topological polar surface area (TPSA) is 78.1 Å². The number of carboxylic acids is 1. The van der Waals surface area contributed by atoms with Crippen LogP contribution in [0, 0.1) is 6.92 Å². The molecular weight excluding hydrogens is 276 g/mol. The van der Waals surface area contributed by atoms with E-state index in [4.69, 9.17) is 23.7 Å². The van der Waals surface area contributed by atoms with Crippen LogP contribution in [0.3, 0.4) is 0 Å². The summed E-state index contributed by atoms with van der Waals surface area (Å²) in [5.74, 6) is 0.807. The second-order valence-electron chi connectivity index (χ2n) is 4.71. The lowest BCUT2D eigenvalue weighted by atomic mass is 10.2. The lowest BCUT2D eigenvalue weighted by Gasteiger charge is -2.04. The largest absolute Gasteiger partial charge is 0.475 e. The zero-order valence-corrected chi connectivity index (χ0v) is 11.4. The SMILES string of the molecule is Cc1cc(COCc2ccc3c(c2)OCO3)oc1C(=O)O. The van der Waals surface area contributed by atoms with Gasteiger partial charge in [-0.3, -0.25) is 0 Å². The Labute approximate surface area is 120 Å². The second-order valence-corrected chi connectivity index (χ2v) is 4.71. The van der Waals surface area contributed by atoms with E-state index in [-0.39, 0.29) is 19.2 Å². The Bertz CT molecular complexity index is 673. The fourth-order valence-corrected chi connectivity index (χ4v) is 2.13. The first-order valence-corrected chi connectivity index (χ1v) is 6.42. The summed E-state index contributed by atoms with van der Waals surface area (Å²) in [6.45, 7) is 2.51. The van der Waals surface area contributed by atoms with Crippen molar-refractivity contribution >= 4 is 5.97 Å². The Morgan fingerprint density at radius 3 is 2.81 bits per heavy atom. The van der Waals surface area contributed by atoms with Crippen molar-refractivity contribution in [3.05, 3.63) is 46.9 Å². The quantitative estimate of drug-likeness (QED) is 0.912. The standard InChI is InChI=1S/C15H14O6/c1-9-4-11(21-14(9)15(16)17)7-18-6-10-2-3-12-13(5-10)20-8-19-12/h2-5H,6-8H2,1H3,(H,16,17). The lowest BCUT2D eigenvalue weighted by Crippen LogP contribution is -1.95. The van der Waals surface area contributed by atoms with Gasteiger partial charge in [-0.15, -0.1) is 0 Å². The molecule has 0 unspecified atom stereocenters. The van der Waals surface area contributed by atoms with E-state index in [1.165, 1.54) is 0 Å². The van der Waals surface area contributed by atoms with Crippen LogP contribution in [0.2, 0.25) is 0 Å². The molecular formula is C15H14O6. The van der Waals surface area contributed by atoms with E-state index < -0.39 is 5.97 Å². The van der Waals surface area contributed by atoms with Crippen LogP contribution in [0.5, 0.6) is 11.5 Å². The van der Waals surface area contributed by atoms with Crippen LogP contribution in [-0.4, -0.2) is 17.9 Å². The molecule has 2 heterocycles. The van der Waals surface area contributed by atoms with E-state index in [1.807, 2.05) is 18.2 Å². The van der Waals surface area contributed by atoms with Gasteiger partial charge in [-0.05, 0) is 30.7 Å². The number of hydrogen-bond donors (Lipinski definition) is 1. The number of fused-ring (bicyclic) bond motifs is 1. The Kier molecular flexibility index (Phi) is 3.53. The van der Waals surface area contributed by atoms with Crippen molar-refractivity contribution in [3.63, 3.8) is 0 Å². The maximum Gasteiger partial charge on any atom is 0.372 e. The number of aryl methyl sites for hydroxylation is 1. The summed E-state index contributed by atoms with van der Waals surface area (Å²) in [5.41, 5.74) is 1.53. The molecule has 1 aromatic heterocycles. The third kappa shape index (κ3) is 2.85. The maximum absolute atomic E-state index is 10.9. The van der Waals surface area contributed by atoms with Crippen molar-refractivity contribution in [3.8, 4) is 11.5 Å². The molecule has 1 N–H and O–H groups in total. The minimum Gasteiger partial charge on any atom is -0.475 e. The molecule has 6 heteroatoms. The first-order valence-electron chi connectivity index (χ1n) is 6.42. The highest BCUT2D eigenvalue weighted by Crippen LogP contribution is 2.32. The minimum atomic E-state index is -1.07. The van der Waals surface area contributed by atoms with Gasteiger partial charge >= 0.3 is 5.97 Å². The van der Waals surface area contributed by atoms with Crippen molar-refractivity contribution in [2.24, 2.45) is 0 Å². The zero-order valence-electron chi connectivity index (χ0n) is 11.4. The van der Waals surface area contributed by atoms with Gasteiger partial charge in [0.25, 0.3) is 0 Å².